The summed E-state index contributed by atoms with van der Waals surface area (Å²) in [6.45, 7) is 0. The molecule has 62 valence electrons. The molecule has 4 heteroatoms. The van der Waals surface area contributed by atoms with E-state index in [1.165, 1.54) is 0 Å². The first-order chi connectivity index (χ1) is 4.86. The van der Waals surface area contributed by atoms with E-state index in [4.69, 9.17) is 5.21 Å². The van der Waals surface area contributed by atoms with Crippen LogP contribution in [-0.4, -0.2) is 5.21 Å². The fourth-order valence-corrected chi connectivity index (χ4v) is 0.896. The Morgan fingerprint density at radius 3 is 2.18 bits per heavy atom. The van der Waals surface area contributed by atoms with E-state index < -0.39 is 0 Å². The molecule has 0 fully saturated rings. The Kier molecular flexibility index (Phi) is 4.69. The zero-order valence-electron chi connectivity index (χ0n) is 6.12. The summed E-state index contributed by atoms with van der Waals surface area (Å²) in [6, 6.07) is 7.41. The van der Waals surface area contributed by atoms with E-state index in [0.29, 0.717) is 5.69 Å². The molecule has 1 aromatic rings. The molecule has 0 aliphatic rings. The van der Waals surface area contributed by atoms with Crippen molar-refractivity contribution < 1.29 is 5.21 Å². The normalized spacial score (nSPS) is 8.55. The lowest BCUT2D eigenvalue weighted by molar-refractivity contribution is 0.389. The highest BCUT2D eigenvalue weighted by Gasteiger charge is 1.88. The maximum atomic E-state index is 8.43. The van der Waals surface area contributed by atoms with Crippen LogP contribution in [0.5, 0.6) is 0 Å². The van der Waals surface area contributed by atoms with Crippen molar-refractivity contribution in [1.82, 2.24) is 6.15 Å². The molecule has 5 N–H and O–H groups in total. The molecule has 1 rings (SSSR count). The molecule has 1 aromatic carbocycles. The third-order valence-electron chi connectivity index (χ3n) is 1.27. The molecule has 0 saturated heterocycles. The van der Waals surface area contributed by atoms with Crippen molar-refractivity contribution in [1.29, 1.82) is 0 Å². The standard InChI is InChI=1S/C7H9NOS.H3N/c9-8-7-3-1-6(5-10)2-4-7;/h1-4,8-10H,5H2;1H3. The summed E-state index contributed by atoms with van der Waals surface area (Å²) < 4.78 is 0. The van der Waals surface area contributed by atoms with Crippen LogP contribution in [0.2, 0.25) is 0 Å². The first kappa shape index (κ1) is 10.3. The molecule has 11 heavy (non-hydrogen) atoms. The van der Waals surface area contributed by atoms with Gasteiger partial charge >= 0.3 is 0 Å². The minimum Gasteiger partial charge on any atom is -0.344 e. The highest BCUT2D eigenvalue weighted by atomic mass is 32.1. The number of hydrogen-bond acceptors (Lipinski definition) is 4. The van der Waals surface area contributed by atoms with Gasteiger partial charge in [-0.15, -0.1) is 0 Å². The SMILES string of the molecule is N.ONc1ccc(CS)cc1. The van der Waals surface area contributed by atoms with Crippen LogP contribution in [0.15, 0.2) is 24.3 Å². The van der Waals surface area contributed by atoms with Gasteiger partial charge in [0.2, 0.25) is 0 Å². The zero-order chi connectivity index (χ0) is 7.40. The Bertz CT molecular complexity index is 177. The summed E-state index contributed by atoms with van der Waals surface area (Å²) in [6.07, 6.45) is 0. The molecule has 0 saturated carbocycles. The van der Waals surface area contributed by atoms with Crippen LogP contribution >= 0.6 is 12.6 Å². The monoisotopic (exact) mass is 172 g/mol. The van der Waals surface area contributed by atoms with Gasteiger partial charge in [-0.1, -0.05) is 12.1 Å². The van der Waals surface area contributed by atoms with E-state index in [1.54, 1.807) is 12.1 Å². The Morgan fingerprint density at radius 2 is 1.82 bits per heavy atom. The van der Waals surface area contributed by atoms with Crippen molar-refractivity contribution in [2.24, 2.45) is 0 Å². The molecular weight excluding hydrogens is 160 g/mol. The van der Waals surface area contributed by atoms with E-state index in [-0.39, 0.29) is 6.15 Å². The Morgan fingerprint density at radius 1 is 1.27 bits per heavy atom. The lowest BCUT2D eigenvalue weighted by atomic mass is 10.2. The first-order valence-corrected chi connectivity index (χ1v) is 3.60. The molecule has 0 spiro atoms. The number of benzene rings is 1. The summed E-state index contributed by atoms with van der Waals surface area (Å²) >= 11 is 4.09. The first-order valence-electron chi connectivity index (χ1n) is 2.96. The van der Waals surface area contributed by atoms with E-state index in [0.717, 1.165) is 11.3 Å². The fraction of sp³-hybridized carbons (Fsp3) is 0.143. The van der Waals surface area contributed by atoms with Crippen molar-refractivity contribution in [2.75, 3.05) is 5.48 Å². The molecule has 0 aliphatic carbocycles. The molecule has 3 nitrogen and oxygen atoms in total. The molecular formula is C7H12N2OS. The quantitative estimate of drug-likeness (QED) is 0.408. The molecule has 0 unspecified atom stereocenters. The molecule has 0 radical (unpaired) electrons. The number of nitrogens with one attached hydrogen (secondary N) is 1. The summed E-state index contributed by atoms with van der Waals surface area (Å²) in [7, 11) is 0. The van der Waals surface area contributed by atoms with Gasteiger partial charge in [0.25, 0.3) is 0 Å². The third kappa shape index (κ3) is 2.80. The lowest BCUT2D eigenvalue weighted by Gasteiger charge is -1.98. The van der Waals surface area contributed by atoms with Crippen molar-refractivity contribution in [3.05, 3.63) is 29.8 Å². The Balaban J connectivity index is 0.000001000. The summed E-state index contributed by atoms with van der Waals surface area (Å²) in [5.74, 6) is 0.728. The van der Waals surface area contributed by atoms with Crippen molar-refractivity contribution in [2.45, 2.75) is 5.75 Å². The van der Waals surface area contributed by atoms with Crippen molar-refractivity contribution in [3.8, 4) is 0 Å². The highest BCUT2D eigenvalue weighted by Crippen LogP contribution is 2.09. The second kappa shape index (κ2) is 5.01. The van der Waals surface area contributed by atoms with Gasteiger partial charge in [-0.25, -0.2) is 0 Å². The highest BCUT2D eigenvalue weighted by molar-refractivity contribution is 7.79. The maximum Gasteiger partial charge on any atom is 0.0602 e. The van der Waals surface area contributed by atoms with Crippen LogP contribution in [0, 0.1) is 0 Å². The zero-order valence-corrected chi connectivity index (χ0v) is 7.01. The van der Waals surface area contributed by atoms with Gasteiger partial charge in [0.1, 0.15) is 0 Å². The average Bonchev–Trinajstić information content (AvgIpc) is 2.05. The minimum atomic E-state index is 0. The summed E-state index contributed by atoms with van der Waals surface area (Å²) in [4.78, 5) is 0. The van der Waals surface area contributed by atoms with Crippen LogP contribution in [0.25, 0.3) is 0 Å². The van der Waals surface area contributed by atoms with Gasteiger partial charge in [0.05, 0.1) is 5.69 Å². The van der Waals surface area contributed by atoms with E-state index in [9.17, 15) is 0 Å². The summed E-state index contributed by atoms with van der Waals surface area (Å²) in [5.41, 5.74) is 3.89. The number of anilines is 1. The van der Waals surface area contributed by atoms with Gasteiger partial charge in [0.15, 0.2) is 0 Å². The summed E-state index contributed by atoms with van der Waals surface area (Å²) in [5, 5.41) is 8.43. The van der Waals surface area contributed by atoms with Crippen LogP contribution < -0.4 is 11.6 Å². The van der Waals surface area contributed by atoms with Crippen LogP contribution in [-0.2, 0) is 5.75 Å². The molecule has 0 atom stereocenters. The van der Waals surface area contributed by atoms with E-state index in [1.807, 2.05) is 12.1 Å². The van der Waals surface area contributed by atoms with E-state index in [2.05, 4.69) is 18.1 Å². The number of rotatable bonds is 2. The Labute approximate surface area is 71.4 Å². The maximum absolute atomic E-state index is 8.43. The van der Waals surface area contributed by atoms with E-state index >= 15 is 0 Å². The predicted molar refractivity (Wildman–Crippen MR) is 49.6 cm³/mol. The second-order valence-electron chi connectivity index (χ2n) is 1.97. The number of hydrogen-bond donors (Lipinski definition) is 4. The van der Waals surface area contributed by atoms with Crippen molar-refractivity contribution >= 4 is 18.3 Å². The smallest absolute Gasteiger partial charge is 0.0602 e. The van der Waals surface area contributed by atoms with Crippen LogP contribution in [0.3, 0.4) is 0 Å². The molecule has 0 aliphatic heterocycles. The topological polar surface area (TPSA) is 67.3 Å². The van der Waals surface area contributed by atoms with Crippen LogP contribution in [0.4, 0.5) is 5.69 Å². The Hall–Kier alpha value is -0.710. The van der Waals surface area contributed by atoms with Gasteiger partial charge in [-0.05, 0) is 17.7 Å². The van der Waals surface area contributed by atoms with Gasteiger partial charge < -0.3 is 6.15 Å². The van der Waals surface area contributed by atoms with Crippen LogP contribution in [0.1, 0.15) is 5.56 Å². The fourth-order valence-electron chi connectivity index (χ4n) is 0.685. The predicted octanol–water partition coefficient (Wildman–Crippen LogP) is 2.08. The van der Waals surface area contributed by atoms with Gasteiger partial charge in [0, 0.05) is 5.75 Å². The van der Waals surface area contributed by atoms with Gasteiger partial charge in [-0.3, -0.25) is 10.7 Å². The molecule has 0 heterocycles. The van der Waals surface area contributed by atoms with Crippen molar-refractivity contribution in [3.63, 3.8) is 0 Å². The molecule has 0 aromatic heterocycles. The molecule has 0 amide bonds. The largest absolute Gasteiger partial charge is 0.344 e. The third-order valence-corrected chi connectivity index (χ3v) is 1.63. The second-order valence-corrected chi connectivity index (χ2v) is 2.28. The average molecular weight is 172 g/mol. The minimum absolute atomic E-state index is 0. The molecule has 0 bridgehead atoms. The van der Waals surface area contributed by atoms with Gasteiger partial charge in [-0.2, -0.15) is 12.6 Å². The lowest BCUT2D eigenvalue weighted by Crippen LogP contribution is -1.88. The number of thiol groups is 1.